The van der Waals surface area contributed by atoms with Gasteiger partial charge in [-0.2, -0.15) is 0 Å². The van der Waals surface area contributed by atoms with Gasteiger partial charge in [-0.25, -0.2) is 4.39 Å². The molecule has 0 aliphatic heterocycles. The molecule has 0 spiro atoms. The summed E-state index contributed by atoms with van der Waals surface area (Å²) in [7, 11) is 1.48. The number of benzene rings is 2. The molecule has 0 bridgehead atoms. The summed E-state index contributed by atoms with van der Waals surface area (Å²) < 4.78 is 19.1. The normalized spacial score (nSPS) is 11.0. The van der Waals surface area contributed by atoms with Gasteiger partial charge in [-0.1, -0.05) is 17.7 Å². The van der Waals surface area contributed by atoms with E-state index in [1.807, 2.05) is 13.0 Å². The van der Waals surface area contributed by atoms with Crippen LogP contribution in [0.1, 0.15) is 11.1 Å². The quantitative estimate of drug-likeness (QED) is 0.726. The van der Waals surface area contributed by atoms with Gasteiger partial charge < -0.3 is 14.8 Å². The topological polar surface area (TPSA) is 62.3 Å². The number of ether oxygens (including phenoxy) is 1. The van der Waals surface area contributed by atoms with Crippen LogP contribution < -0.4 is 4.74 Å². The van der Waals surface area contributed by atoms with Crippen LogP contribution in [-0.4, -0.2) is 23.2 Å². The van der Waals surface area contributed by atoms with E-state index in [1.54, 1.807) is 6.07 Å². The third-order valence-corrected chi connectivity index (χ3v) is 4.29. The van der Waals surface area contributed by atoms with Crippen LogP contribution >= 0.6 is 11.6 Å². The average molecular weight is 348 g/mol. The summed E-state index contributed by atoms with van der Waals surface area (Å²) in [6.45, 7) is 1.90. The Morgan fingerprint density at radius 1 is 1.33 bits per heavy atom. The highest BCUT2D eigenvalue weighted by Gasteiger charge is 2.21. The van der Waals surface area contributed by atoms with Gasteiger partial charge in [-0.05, 0) is 42.3 Å². The van der Waals surface area contributed by atoms with E-state index in [4.69, 9.17) is 16.3 Å². The molecular formula is C18H15ClFNO3. The third-order valence-electron chi connectivity index (χ3n) is 3.98. The minimum absolute atomic E-state index is 0.238. The van der Waals surface area contributed by atoms with Crippen molar-refractivity contribution in [3.8, 4) is 17.0 Å². The van der Waals surface area contributed by atoms with Gasteiger partial charge in [0.25, 0.3) is 0 Å². The SMILES string of the molecule is COc1ccc(F)cc1-c1[nH]c2c(C)ccc(Cl)c2c1CC(=O)O. The summed E-state index contributed by atoms with van der Waals surface area (Å²) in [6, 6.07) is 7.69. The molecule has 1 aromatic heterocycles. The first-order valence-electron chi connectivity index (χ1n) is 7.27. The molecule has 0 unspecified atom stereocenters. The zero-order chi connectivity index (χ0) is 17.4. The van der Waals surface area contributed by atoms with Crippen molar-refractivity contribution in [1.82, 2.24) is 4.98 Å². The fourth-order valence-corrected chi connectivity index (χ4v) is 3.17. The highest BCUT2D eigenvalue weighted by Crippen LogP contribution is 2.39. The molecule has 3 aromatic rings. The fraction of sp³-hybridized carbons (Fsp3) is 0.167. The first kappa shape index (κ1) is 16.3. The predicted molar refractivity (Wildman–Crippen MR) is 91.3 cm³/mol. The number of aliphatic carboxylic acids is 1. The van der Waals surface area contributed by atoms with Crippen molar-refractivity contribution in [2.45, 2.75) is 13.3 Å². The van der Waals surface area contributed by atoms with Gasteiger partial charge in [0.1, 0.15) is 11.6 Å². The minimum Gasteiger partial charge on any atom is -0.496 e. The molecule has 6 heteroatoms. The van der Waals surface area contributed by atoms with Crippen molar-refractivity contribution in [1.29, 1.82) is 0 Å². The van der Waals surface area contributed by atoms with Crippen LogP contribution in [0.15, 0.2) is 30.3 Å². The highest BCUT2D eigenvalue weighted by molar-refractivity contribution is 6.36. The van der Waals surface area contributed by atoms with Gasteiger partial charge in [0.2, 0.25) is 0 Å². The second-order valence-corrected chi connectivity index (χ2v) is 5.92. The Bertz CT molecular complexity index is 949. The van der Waals surface area contributed by atoms with Gasteiger partial charge in [0, 0.05) is 10.9 Å². The van der Waals surface area contributed by atoms with Crippen molar-refractivity contribution in [3.05, 3.63) is 52.3 Å². The maximum absolute atomic E-state index is 13.8. The molecule has 4 nitrogen and oxygen atoms in total. The van der Waals surface area contributed by atoms with Crippen LogP contribution in [0.25, 0.3) is 22.2 Å². The third kappa shape index (κ3) is 2.71. The van der Waals surface area contributed by atoms with Crippen LogP contribution in [0.3, 0.4) is 0 Å². The van der Waals surface area contributed by atoms with Gasteiger partial charge in [-0.3, -0.25) is 4.79 Å². The van der Waals surface area contributed by atoms with E-state index in [9.17, 15) is 14.3 Å². The van der Waals surface area contributed by atoms with E-state index in [2.05, 4.69) is 4.98 Å². The van der Waals surface area contributed by atoms with Gasteiger partial charge in [0.15, 0.2) is 0 Å². The molecule has 1 heterocycles. The summed E-state index contributed by atoms with van der Waals surface area (Å²) >= 11 is 6.31. The molecule has 0 amide bonds. The number of carboxylic acid groups (broad SMARTS) is 1. The molecule has 2 N–H and O–H groups in total. The molecule has 0 saturated carbocycles. The summed E-state index contributed by atoms with van der Waals surface area (Å²) in [5.41, 5.74) is 3.12. The second kappa shape index (κ2) is 6.17. The van der Waals surface area contributed by atoms with Crippen molar-refractivity contribution in [2.75, 3.05) is 7.11 Å². The zero-order valence-corrected chi connectivity index (χ0v) is 13.9. The molecule has 124 valence electrons. The van der Waals surface area contributed by atoms with E-state index < -0.39 is 11.8 Å². The van der Waals surface area contributed by atoms with E-state index in [0.717, 1.165) is 11.1 Å². The number of hydrogen-bond donors (Lipinski definition) is 2. The zero-order valence-electron chi connectivity index (χ0n) is 13.1. The van der Waals surface area contributed by atoms with E-state index in [1.165, 1.54) is 25.3 Å². The lowest BCUT2D eigenvalue weighted by Gasteiger charge is -2.09. The lowest BCUT2D eigenvalue weighted by Crippen LogP contribution is -2.02. The number of H-pyrrole nitrogens is 1. The number of aromatic nitrogens is 1. The van der Waals surface area contributed by atoms with Crippen LogP contribution in [0.2, 0.25) is 5.02 Å². The number of nitrogens with one attached hydrogen (secondary N) is 1. The van der Waals surface area contributed by atoms with E-state index >= 15 is 0 Å². The maximum Gasteiger partial charge on any atom is 0.307 e. The minimum atomic E-state index is -0.995. The summed E-state index contributed by atoms with van der Waals surface area (Å²) in [6.07, 6.45) is -0.238. The van der Waals surface area contributed by atoms with Gasteiger partial charge in [0.05, 0.1) is 29.8 Å². The van der Waals surface area contributed by atoms with Crippen molar-refractivity contribution >= 4 is 28.5 Å². The molecule has 0 radical (unpaired) electrons. The number of aromatic amines is 1. The molecular weight excluding hydrogens is 333 g/mol. The Balaban J connectivity index is 2.40. The molecule has 0 aliphatic carbocycles. The Morgan fingerprint density at radius 2 is 2.08 bits per heavy atom. The number of halogens is 2. The number of carboxylic acids is 1. The van der Waals surface area contributed by atoms with Crippen molar-refractivity contribution in [3.63, 3.8) is 0 Å². The number of hydrogen-bond acceptors (Lipinski definition) is 2. The number of carbonyl (C=O) groups is 1. The van der Waals surface area contributed by atoms with Gasteiger partial charge >= 0.3 is 5.97 Å². The number of methoxy groups -OCH3 is 1. The lowest BCUT2D eigenvalue weighted by atomic mass is 10.0. The van der Waals surface area contributed by atoms with Gasteiger partial charge in [-0.15, -0.1) is 0 Å². The van der Waals surface area contributed by atoms with Crippen molar-refractivity contribution in [2.24, 2.45) is 0 Å². The summed E-state index contributed by atoms with van der Waals surface area (Å²) in [5.74, 6) is -0.984. The molecule has 2 aromatic carbocycles. The standard InChI is InChI=1S/C18H15ClFNO3/c1-9-3-5-13(19)16-12(8-15(22)23)18(21-17(9)16)11-7-10(20)4-6-14(11)24-2/h3-7,21H,8H2,1-2H3,(H,22,23). The van der Waals surface area contributed by atoms with Crippen LogP contribution in [0.5, 0.6) is 5.75 Å². The smallest absolute Gasteiger partial charge is 0.307 e. The predicted octanol–water partition coefficient (Wildman–Crippen LogP) is 4.57. The maximum atomic E-state index is 13.8. The Kier molecular flexibility index (Phi) is 4.20. The van der Waals surface area contributed by atoms with Crippen LogP contribution in [0.4, 0.5) is 4.39 Å². The molecule has 3 rings (SSSR count). The number of fused-ring (bicyclic) bond motifs is 1. The van der Waals surface area contributed by atoms with Crippen LogP contribution in [0, 0.1) is 12.7 Å². The molecule has 24 heavy (non-hydrogen) atoms. The lowest BCUT2D eigenvalue weighted by molar-refractivity contribution is -0.136. The van der Waals surface area contributed by atoms with E-state index in [-0.39, 0.29) is 6.42 Å². The first-order chi connectivity index (χ1) is 11.4. The van der Waals surface area contributed by atoms with Crippen molar-refractivity contribution < 1.29 is 19.0 Å². The molecule has 0 atom stereocenters. The Hall–Kier alpha value is -2.53. The highest BCUT2D eigenvalue weighted by atomic mass is 35.5. The molecule has 0 aliphatic rings. The Morgan fingerprint density at radius 3 is 2.75 bits per heavy atom. The average Bonchev–Trinajstić information content (AvgIpc) is 2.91. The molecule has 0 fully saturated rings. The number of rotatable bonds is 4. The first-order valence-corrected chi connectivity index (χ1v) is 7.65. The van der Waals surface area contributed by atoms with Crippen LogP contribution in [-0.2, 0) is 11.2 Å². The summed E-state index contributed by atoms with van der Waals surface area (Å²) in [5, 5.41) is 10.4. The molecule has 0 saturated heterocycles. The number of aryl methyl sites for hydroxylation is 1. The Labute approximate surface area is 142 Å². The monoisotopic (exact) mass is 347 g/mol. The summed E-state index contributed by atoms with van der Waals surface area (Å²) in [4.78, 5) is 14.6. The largest absolute Gasteiger partial charge is 0.496 e. The van der Waals surface area contributed by atoms with E-state index in [0.29, 0.717) is 33.0 Å². The second-order valence-electron chi connectivity index (χ2n) is 5.51. The fourth-order valence-electron chi connectivity index (χ4n) is 2.90.